The average Bonchev–Trinajstić information content (AvgIpc) is 2.40. The Hall–Kier alpha value is -0.980. The number of allylic oxidation sites excluding steroid dienone is 3. The predicted octanol–water partition coefficient (Wildman–Crippen LogP) is 5.93. The summed E-state index contributed by atoms with van der Waals surface area (Å²) in [5.74, 6) is 0.833. The predicted molar refractivity (Wildman–Crippen MR) is 84.2 cm³/mol. The van der Waals surface area contributed by atoms with Gasteiger partial charge in [-0.05, 0) is 50.7 Å². The molecule has 0 bridgehead atoms. The molecule has 0 fully saturated rings. The molecule has 0 unspecified atom stereocenters. The monoisotopic (exact) mass is 262 g/mol. The first-order valence-electron chi connectivity index (χ1n) is 7.84. The summed E-state index contributed by atoms with van der Waals surface area (Å²) in [6.07, 6.45) is 16.5. The van der Waals surface area contributed by atoms with Crippen molar-refractivity contribution in [1.29, 1.82) is 0 Å². The van der Waals surface area contributed by atoms with E-state index >= 15 is 0 Å². The minimum atomic E-state index is 0.685. The Morgan fingerprint density at radius 1 is 0.842 bits per heavy atom. The van der Waals surface area contributed by atoms with E-state index < -0.39 is 0 Å². The SMILES string of the molecule is C=C1OC/C(C)=C\CCCCCCCCC/C=C/1C. The Labute approximate surface area is 119 Å². The van der Waals surface area contributed by atoms with Gasteiger partial charge in [0.15, 0.2) is 0 Å². The van der Waals surface area contributed by atoms with Crippen molar-refractivity contribution in [2.45, 2.75) is 71.6 Å². The van der Waals surface area contributed by atoms with Crippen molar-refractivity contribution < 1.29 is 4.74 Å². The van der Waals surface area contributed by atoms with Gasteiger partial charge in [0.25, 0.3) is 0 Å². The summed E-state index contributed by atoms with van der Waals surface area (Å²) < 4.78 is 5.74. The molecule has 1 rings (SSSR count). The highest BCUT2D eigenvalue weighted by Gasteiger charge is 2.00. The molecule has 0 atom stereocenters. The van der Waals surface area contributed by atoms with Crippen LogP contribution in [0.3, 0.4) is 0 Å². The van der Waals surface area contributed by atoms with Crippen LogP contribution in [0.2, 0.25) is 0 Å². The molecule has 1 heterocycles. The van der Waals surface area contributed by atoms with E-state index in [9.17, 15) is 0 Å². The fourth-order valence-corrected chi connectivity index (χ4v) is 2.33. The second-order valence-electron chi connectivity index (χ2n) is 5.70. The zero-order valence-corrected chi connectivity index (χ0v) is 12.8. The van der Waals surface area contributed by atoms with E-state index in [2.05, 4.69) is 32.6 Å². The molecule has 1 heteroatoms. The maximum atomic E-state index is 5.74. The lowest BCUT2D eigenvalue weighted by atomic mass is 10.1. The zero-order chi connectivity index (χ0) is 13.9. The summed E-state index contributed by atoms with van der Waals surface area (Å²) in [7, 11) is 0. The van der Waals surface area contributed by atoms with Crippen molar-refractivity contribution in [2.75, 3.05) is 6.61 Å². The Kier molecular flexibility index (Phi) is 8.36. The number of hydrogen-bond donors (Lipinski definition) is 0. The third-order valence-electron chi connectivity index (χ3n) is 3.77. The smallest absolute Gasteiger partial charge is 0.115 e. The summed E-state index contributed by atoms with van der Waals surface area (Å²) in [5.41, 5.74) is 2.51. The highest BCUT2D eigenvalue weighted by molar-refractivity contribution is 5.21. The van der Waals surface area contributed by atoms with E-state index in [0.29, 0.717) is 6.61 Å². The van der Waals surface area contributed by atoms with E-state index in [-0.39, 0.29) is 0 Å². The van der Waals surface area contributed by atoms with Crippen LogP contribution >= 0.6 is 0 Å². The van der Waals surface area contributed by atoms with E-state index in [1.807, 2.05) is 0 Å². The van der Waals surface area contributed by atoms with Crippen LogP contribution in [0.5, 0.6) is 0 Å². The minimum Gasteiger partial charge on any atom is -0.490 e. The van der Waals surface area contributed by atoms with Gasteiger partial charge in [-0.25, -0.2) is 0 Å². The van der Waals surface area contributed by atoms with Crippen molar-refractivity contribution in [3.8, 4) is 0 Å². The lowest BCUT2D eigenvalue weighted by Gasteiger charge is -2.10. The molecule has 0 radical (unpaired) electrons. The molecule has 0 aromatic rings. The molecule has 1 nitrogen and oxygen atoms in total. The molecule has 0 amide bonds. The first-order valence-corrected chi connectivity index (χ1v) is 7.84. The van der Waals surface area contributed by atoms with Gasteiger partial charge >= 0.3 is 0 Å². The van der Waals surface area contributed by atoms with Crippen LogP contribution in [0.25, 0.3) is 0 Å². The highest BCUT2D eigenvalue weighted by Crippen LogP contribution is 2.15. The Morgan fingerprint density at radius 2 is 1.37 bits per heavy atom. The molecule has 0 saturated carbocycles. The van der Waals surface area contributed by atoms with Crippen LogP contribution in [-0.4, -0.2) is 6.61 Å². The number of hydrogen-bond acceptors (Lipinski definition) is 1. The van der Waals surface area contributed by atoms with Gasteiger partial charge in [0.05, 0.1) is 0 Å². The fraction of sp³-hybridized carbons (Fsp3) is 0.667. The summed E-state index contributed by atoms with van der Waals surface area (Å²) in [6, 6.07) is 0. The molecule has 0 spiro atoms. The maximum absolute atomic E-state index is 5.74. The quantitative estimate of drug-likeness (QED) is 0.491. The van der Waals surface area contributed by atoms with Crippen LogP contribution < -0.4 is 0 Å². The maximum Gasteiger partial charge on any atom is 0.115 e. The van der Waals surface area contributed by atoms with Crippen molar-refractivity contribution >= 4 is 0 Å². The van der Waals surface area contributed by atoms with E-state index in [1.165, 1.54) is 62.5 Å². The van der Waals surface area contributed by atoms with Crippen LogP contribution in [0.1, 0.15) is 71.6 Å². The number of ether oxygens (including phenoxy) is 1. The molecule has 0 aliphatic carbocycles. The van der Waals surface area contributed by atoms with Gasteiger partial charge in [0.2, 0.25) is 0 Å². The molecule has 1 aliphatic heterocycles. The van der Waals surface area contributed by atoms with Gasteiger partial charge in [-0.2, -0.15) is 0 Å². The molecule has 19 heavy (non-hydrogen) atoms. The average molecular weight is 262 g/mol. The summed E-state index contributed by atoms with van der Waals surface area (Å²) in [5, 5.41) is 0. The normalized spacial score (nSPS) is 26.7. The van der Waals surface area contributed by atoms with E-state index in [0.717, 1.165) is 12.2 Å². The second-order valence-corrected chi connectivity index (χ2v) is 5.70. The standard InChI is InChI=1S/C18H30O/c1-16-13-11-9-7-5-4-6-8-10-12-14-17(2)18(3)19-15-16/h13-14H,3-12,15H2,1-2H3/b16-13-,17-14+. The van der Waals surface area contributed by atoms with Gasteiger partial charge in [-0.3, -0.25) is 0 Å². The van der Waals surface area contributed by atoms with E-state index in [1.54, 1.807) is 0 Å². The second kappa shape index (κ2) is 9.89. The topological polar surface area (TPSA) is 9.23 Å². The van der Waals surface area contributed by atoms with Gasteiger partial charge < -0.3 is 4.74 Å². The van der Waals surface area contributed by atoms with Crippen molar-refractivity contribution in [2.24, 2.45) is 0 Å². The van der Waals surface area contributed by atoms with E-state index in [4.69, 9.17) is 4.74 Å². The van der Waals surface area contributed by atoms with Gasteiger partial charge in [0, 0.05) is 0 Å². The summed E-state index contributed by atoms with van der Waals surface area (Å²) in [6.45, 7) is 8.95. The summed E-state index contributed by atoms with van der Waals surface area (Å²) >= 11 is 0. The van der Waals surface area contributed by atoms with Gasteiger partial charge in [-0.1, -0.05) is 50.8 Å². The van der Waals surface area contributed by atoms with Gasteiger partial charge in [0.1, 0.15) is 12.4 Å². The summed E-state index contributed by atoms with van der Waals surface area (Å²) in [4.78, 5) is 0. The van der Waals surface area contributed by atoms with Crippen molar-refractivity contribution in [3.05, 3.63) is 35.6 Å². The van der Waals surface area contributed by atoms with Crippen molar-refractivity contribution in [3.63, 3.8) is 0 Å². The molecule has 0 N–H and O–H groups in total. The van der Waals surface area contributed by atoms with Gasteiger partial charge in [-0.15, -0.1) is 0 Å². The fourth-order valence-electron chi connectivity index (χ4n) is 2.33. The third kappa shape index (κ3) is 7.92. The molecule has 108 valence electrons. The molecular formula is C18H30O. The lowest BCUT2D eigenvalue weighted by Crippen LogP contribution is -1.97. The van der Waals surface area contributed by atoms with Crippen LogP contribution in [0.15, 0.2) is 35.6 Å². The molecule has 0 aromatic heterocycles. The Balaban J connectivity index is 2.48. The van der Waals surface area contributed by atoms with Crippen LogP contribution in [0.4, 0.5) is 0 Å². The third-order valence-corrected chi connectivity index (χ3v) is 3.77. The van der Waals surface area contributed by atoms with Crippen LogP contribution in [-0.2, 0) is 4.74 Å². The molecular weight excluding hydrogens is 232 g/mol. The molecule has 0 aromatic carbocycles. The highest BCUT2D eigenvalue weighted by atomic mass is 16.5. The van der Waals surface area contributed by atoms with Crippen LogP contribution in [0, 0.1) is 0 Å². The van der Waals surface area contributed by atoms with Crippen molar-refractivity contribution in [1.82, 2.24) is 0 Å². The molecule has 1 aliphatic rings. The Morgan fingerprint density at radius 3 is 2.00 bits per heavy atom. The molecule has 0 saturated heterocycles. The first-order chi connectivity index (χ1) is 9.20. The minimum absolute atomic E-state index is 0.685. The first kappa shape index (κ1) is 16.1. The lowest BCUT2D eigenvalue weighted by molar-refractivity contribution is 0.249. The largest absolute Gasteiger partial charge is 0.490 e. The zero-order valence-electron chi connectivity index (χ0n) is 12.8. The Bertz CT molecular complexity index is 323. The number of rotatable bonds is 0.